The molecule has 1 aromatic carbocycles. The van der Waals surface area contributed by atoms with E-state index in [1.807, 2.05) is 12.1 Å². The summed E-state index contributed by atoms with van der Waals surface area (Å²) in [5, 5.41) is 0. The first-order chi connectivity index (χ1) is 11.1. The monoisotopic (exact) mass is 318 g/mol. The van der Waals surface area contributed by atoms with Gasteiger partial charge in [-0.05, 0) is 38.4 Å². The molecule has 23 heavy (non-hydrogen) atoms. The van der Waals surface area contributed by atoms with E-state index in [1.54, 1.807) is 7.11 Å². The van der Waals surface area contributed by atoms with E-state index in [4.69, 9.17) is 10.5 Å². The molecule has 3 rings (SSSR count). The summed E-state index contributed by atoms with van der Waals surface area (Å²) < 4.78 is 5.58. The highest BCUT2D eigenvalue weighted by Gasteiger charge is 2.28. The van der Waals surface area contributed by atoms with Crippen LogP contribution in [0.25, 0.3) is 0 Å². The summed E-state index contributed by atoms with van der Waals surface area (Å²) in [6.07, 6.45) is 2.47. The van der Waals surface area contributed by atoms with Gasteiger partial charge < -0.3 is 20.3 Å². The maximum absolute atomic E-state index is 5.96. The molecule has 0 bridgehead atoms. The lowest BCUT2D eigenvalue weighted by molar-refractivity contribution is 0.0981. The standard InChI is InChI=1S/C18H30N4O/c1-14-12-15(19)13-17(23-3)18(14)22-6-4-16(5-7-22)21-10-8-20(2)9-11-21/h12-13,16H,4-11,19H2,1-3H3. The molecule has 0 radical (unpaired) electrons. The van der Waals surface area contributed by atoms with Gasteiger partial charge in [-0.15, -0.1) is 0 Å². The average Bonchev–Trinajstić information content (AvgIpc) is 2.55. The zero-order chi connectivity index (χ0) is 16.4. The molecule has 0 unspecified atom stereocenters. The van der Waals surface area contributed by atoms with E-state index in [1.165, 1.54) is 50.3 Å². The number of hydrogen-bond acceptors (Lipinski definition) is 5. The molecule has 2 fully saturated rings. The van der Waals surface area contributed by atoms with Gasteiger partial charge in [0.05, 0.1) is 12.8 Å². The van der Waals surface area contributed by atoms with Gasteiger partial charge in [0.1, 0.15) is 5.75 Å². The second-order valence-electron chi connectivity index (χ2n) is 6.95. The van der Waals surface area contributed by atoms with Crippen LogP contribution in [0.1, 0.15) is 18.4 Å². The largest absolute Gasteiger partial charge is 0.494 e. The van der Waals surface area contributed by atoms with E-state index in [0.29, 0.717) is 0 Å². The van der Waals surface area contributed by atoms with E-state index in [9.17, 15) is 0 Å². The Balaban J connectivity index is 1.65. The van der Waals surface area contributed by atoms with Crippen LogP contribution in [-0.2, 0) is 0 Å². The van der Waals surface area contributed by atoms with Crippen molar-refractivity contribution in [1.82, 2.24) is 9.80 Å². The Bertz CT molecular complexity index is 532. The molecule has 0 spiro atoms. The number of nitrogen functional groups attached to an aromatic ring is 1. The zero-order valence-corrected chi connectivity index (χ0v) is 14.7. The summed E-state index contributed by atoms with van der Waals surface area (Å²) in [5.41, 5.74) is 9.16. The van der Waals surface area contributed by atoms with Crippen LogP contribution in [0.3, 0.4) is 0 Å². The van der Waals surface area contributed by atoms with Crippen LogP contribution >= 0.6 is 0 Å². The Hall–Kier alpha value is -1.46. The maximum Gasteiger partial charge on any atom is 0.144 e. The van der Waals surface area contributed by atoms with Crippen LogP contribution in [0.5, 0.6) is 5.75 Å². The van der Waals surface area contributed by atoms with Crippen molar-refractivity contribution in [2.45, 2.75) is 25.8 Å². The quantitative estimate of drug-likeness (QED) is 0.861. The highest BCUT2D eigenvalue weighted by molar-refractivity contribution is 5.69. The summed E-state index contributed by atoms with van der Waals surface area (Å²) in [6.45, 7) is 9.14. The van der Waals surface area contributed by atoms with Crippen LogP contribution in [-0.4, -0.2) is 69.3 Å². The number of methoxy groups -OCH3 is 1. The van der Waals surface area contributed by atoms with Crippen LogP contribution in [0.15, 0.2) is 12.1 Å². The molecule has 128 valence electrons. The number of rotatable bonds is 3. The molecule has 2 saturated heterocycles. The van der Waals surface area contributed by atoms with Gasteiger partial charge in [-0.2, -0.15) is 0 Å². The number of ether oxygens (including phenoxy) is 1. The third-order valence-electron chi connectivity index (χ3n) is 5.34. The van der Waals surface area contributed by atoms with Gasteiger partial charge in [0.25, 0.3) is 0 Å². The van der Waals surface area contributed by atoms with Crippen LogP contribution in [0.2, 0.25) is 0 Å². The topological polar surface area (TPSA) is 45.0 Å². The SMILES string of the molecule is COc1cc(N)cc(C)c1N1CCC(N2CCN(C)CC2)CC1. The number of aryl methyl sites for hydroxylation is 1. The number of benzene rings is 1. The molecule has 0 aromatic heterocycles. The third kappa shape index (κ3) is 3.56. The Labute approximate surface area is 140 Å². The summed E-state index contributed by atoms with van der Waals surface area (Å²) in [6, 6.07) is 4.72. The number of nitrogens with zero attached hydrogens (tertiary/aromatic N) is 3. The highest BCUT2D eigenvalue weighted by Crippen LogP contribution is 2.36. The summed E-state index contributed by atoms with van der Waals surface area (Å²) >= 11 is 0. The van der Waals surface area contributed by atoms with Gasteiger partial charge >= 0.3 is 0 Å². The minimum atomic E-state index is 0.736. The van der Waals surface area contributed by atoms with E-state index >= 15 is 0 Å². The Morgan fingerprint density at radius 3 is 2.30 bits per heavy atom. The molecule has 2 N–H and O–H groups in total. The molecule has 5 heteroatoms. The Kier molecular flexibility index (Phi) is 4.97. The molecule has 0 atom stereocenters. The molecule has 1 aromatic rings. The first-order valence-electron chi connectivity index (χ1n) is 8.70. The average molecular weight is 318 g/mol. The lowest BCUT2D eigenvalue weighted by Crippen LogP contribution is -2.52. The van der Waals surface area contributed by atoms with Crippen molar-refractivity contribution in [3.05, 3.63) is 17.7 Å². The highest BCUT2D eigenvalue weighted by atomic mass is 16.5. The van der Waals surface area contributed by atoms with Crippen molar-refractivity contribution in [2.24, 2.45) is 0 Å². The number of piperazine rings is 1. The second-order valence-corrected chi connectivity index (χ2v) is 6.95. The van der Waals surface area contributed by atoms with Gasteiger partial charge in [0, 0.05) is 57.1 Å². The summed E-state index contributed by atoms with van der Waals surface area (Å²) in [4.78, 5) is 7.58. The predicted octanol–water partition coefficient (Wildman–Crippen LogP) is 1.80. The van der Waals surface area contributed by atoms with Crippen molar-refractivity contribution >= 4 is 11.4 Å². The molecular formula is C18H30N4O. The molecule has 0 saturated carbocycles. The fourth-order valence-electron chi connectivity index (χ4n) is 3.98. The minimum absolute atomic E-state index is 0.736. The van der Waals surface area contributed by atoms with Crippen molar-refractivity contribution in [3.8, 4) is 5.75 Å². The number of piperidine rings is 1. The predicted molar refractivity (Wildman–Crippen MR) is 96.4 cm³/mol. The molecule has 2 aliphatic heterocycles. The molecule has 2 aliphatic rings. The lowest BCUT2D eigenvalue weighted by Gasteiger charge is -2.43. The Morgan fingerprint density at radius 1 is 1.04 bits per heavy atom. The number of nitrogens with two attached hydrogens (primary N) is 1. The number of anilines is 2. The van der Waals surface area contributed by atoms with Gasteiger partial charge in [-0.3, -0.25) is 4.90 Å². The van der Waals surface area contributed by atoms with E-state index in [2.05, 4.69) is 28.7 Å². The Morgan fingerprint density at radius 2 is 1.70 bits per heavy atom. The van der Waals surface area contributed by atoms with Gasteiger partial charge in [0.2, 0.25) is 0 Å². The number of hydrogen-bond donors (Lipinski definition) is 1. The molecule has 2 heterocycles. The van der Waals surface area contributed by atoms with Gasteiger partial charge in [-0.1, -0.05) is 0 Å². The van der Waals surface area contributed by atoms with Crippen molar-refractivity contribution < 1.29 is 4.74 Å². The normalized spacial score (nSPS) is 21.6. The number of likely N-dealkylation sites (N-methyl/N-ethyl adjacent to an activating group) is 1. The van der Waals surface area contributed by atoms with Crippen LogP contribution < -0.4 is 15.4 Å². The molecule has 0 amide bonds. The van der Waals surface area contributed by atoms with Gasteiger partial charge in [0.15, 0.2) is 0 Å². The fourth-order valence-corrected chi connectivity index (χ4v) is 3.98. The summed E-state index contributed by atoms with van der Waals surface area (Å²) in [7, 11) is 3.95. The second kappa shape index (κ2) is 6.97. The first-order valence-corrected chi connectivity index (χ1v) is 8.70. The summed E-state index contributed by atoms with van der Waals surface area (Å²) in [5.74, 6) is 0.903. The molecular weight excluding hydrogens is 288 g/mol. The fraction of sp³-hybridized carbons (Fsp3) is 0.667. The van der Waals surface area contributed by atoms with Crippen molar-refractivity contribution in [3.63, 3.8) is 0 Å². The van der Waals surface area contributed by atoms with Gasteiger partial charge in [-0.25, -0.2) is 0 Å². The third-order valence-corrected chi connectivity index (χ3v) is 5.34. The minimum Gasteiger partial charge on any atom is -0.494 e. The van der Waals surface area contributed by atoms with Crippen LogP contribution in [0.4, 0.5) is 11.4 Å². The van der Waals surface area contributed by atoms with E-state index < -0.39 is 0 Å². The molecule has 5 nitrogen and oxygen atoms in total. The zero-order valence-electron chi connectivity index (χ0n) is 14.7. The van der Waals surface area contributed by atoms with E-state index in [0.717, 1.165) is 30.6 Å². The van der Waals surface area contributed by atoms with Crippen molar-refractivity contribution in [2.75, 3.05) is 64.1 Å². The lowest BCUT2D eigenvalue weighted by atomic mass is 10.00. The van der Waals surface area contributed by atoms with E-state index in [-0.39, 0.29) is 0 Å². The molecule has 0 aliphatic carbocycles. The maximum atomic E-state index is 5.96. The van der Waals surface area contributed by atoms with Crippen molar-refractivity contribution in [1.29, 1.82) is 0 Å². The first kappa shape index (κ1) is 16.4. The van der Waals surface area contributed by atoms with Crippen LogP contribution in [0, 0.1) is 6.92 Å². The smallest absolute Gasteiger partial charge is 0.144 e.